The number of aromatic amines is 1. The average molecular weight is 349 g/mol. The van der Waals surface area contributed by atoms with Gasteiger partial charge in [-0.2, -0.15) is 0 Å². The molecule has 1 heterocycles. The van der Waals surface area contributed by atoms with Crippen molar-refractivity contribution in [2.45, 2.75) is 6.92 Å². The van der Waals surface area contributed by atoms with Crippen LogP contribution in [0, 0.1) is 0 Å². The number of aromatic nitrogens is 2. The molecule has 0 amide bonds. The highest BCUT2D eigenvalue weighted by molar-refractivity contribution is 5.89. The number of para-hydroxylation sites is 1. The number of anilines is 1. The molecule has 3 rings (SSSR count). The second kappa shape index (κ2) is 7.57. The van der Waals surface area contributed by atoms with Crippen molar-refractivity contribution in [2.24, 2.45) is 0 Å². The van der Waals surface area contributed by atoms with Crippen molar-refractivity contribution in [3.05, 3.63) is 81.1 Å². The van der Waals surface area contributed by atoms with Gasteiger partial charge < -0.3 is 10.1 Å². The molecule has 2 N–H and O–H groups in total. The number of hydrogen-bond donors (Lipinski definition) is 2. The molecule has 0 spiro atoms. The third-order valence-electron chi connectivity index (χ3n) is 3.80. The number of carbonyl (C=O) groups excluding carboxylic acids is 1. The number of hydrogen-bond acceptors (Lipinski definition) is 4. The summed E-state index contributed by atoms with van der Waals surface area (Å²) in [6.45, 7) is 5.98. The quantitative estimate of drug-likeness (QED) is 0.686. The van der Waals surface area contributed by atoms with E-state index in [1.54, 1.807) is 37.4 Å². The van der Waals surface area contributed by atoms with Gasteiger partial charge in [0.05, 0.1) is 28.4 Å². The summed E-state index contributed by atoms with van der Waals surface area (Å²) in [5, 5.41) is 6.96. The zero-order valence-electron chi connectivity index (χ0n) is 14.4. The lowest BCUT2D eigenvalue weighted by atomic mass is 10.2. The van der Waals surface area contributed by atoms with Crippen LogP contribution < -0.4 is 21.4 Å². The van der Waals surface area contributed by atoms with E-state index in [9.17, 15) is 9.59 Å². The standard InChI is InChI=1S/C20H19N3O3/c1-3-26-20(25)15-9-11-16(12-10-15)21-13-18-14(2)22-23(19(18)24)17-7-5-4-6-8-17/h4-13,21-22H,2-3H2,1H3/b18-13-. The van der Waals surface area contributed by atoms with Gasteiger partial charge >= 0.3 is 5.97 Å². The van der Waals surface area contributed by atoms with Crippen molar-refractivity contribution >= 4 is 24.4 Å². The van der Waals surface area contributed by atoms with Crippen molar-refractivity contribution in [2.75, 3.05) is 11.9 Å². The van der Waals surface area contributed by atoms with Gasteiger partial charge in [-0.3, -0.25) is 9.89 Å². The van der Waals surface area contributed by atoms with E-state index in [1.165, 1.54) is 4.68 Å². The molecule has 6 heteroatoms. The van der Waals surface area contributed by atoms with Crippen LogP contribution in [0.4, 0.5) is 5.69 Å². The summed E-state index contributed by atoms with van der Waals surface area (Å²) in [7, 11) is 0. The number of nitrogens with one attached hydrogen (secondary N) is 2. The van der Waals surface area contributed by atoms with Crippen LogP contribution >= 0.6 is 0 Å². The highest BCUT2D eigenvalue weighted by atomic mass is 16.5. The van der Waals surface area contributed by atoms with Crippen molar-refractivity contribution in [3.8, 4) is 5.69 Å². The molecule has 0 radical (unpaired) electrons. The Bertz CT molecular complexity index is 1060. The van der Waals surface area contributed by atoms with Gasteiger partial charge in [-0.1, -0.05) is 24.8 Å². The minimum Gasteiger partial charge on any atom is -0.462 e. The largest absolute Gasteiger partial charge is 0.462 e. The molecule has 0 aliphatic carbocycles. The van der Waals surface area contributed by atoms with Gasteiger partial charge in [0.15, 0.2) is 0 Å². The lowest BCUT2D eigenvalue weighted by Crippen LogP contribution is -2.34. The summed E-state index contributed by atoms with van der Waals surface area (Å²) in [5.41, 5.74) is 1.75. The Morgan fingerprint density at radius 1 is 1.19 bits per heavy atom. The summed E-state index contributed by atoms with van der Waals surface area (Å²) in [5.74, 6) is -0.362. The summed E-state index contributed by atoms with van der Waals surface area (Å²) in [4.78, 5) is 24.2. The average Bonchev–Trinajstić information content (AvgIpc) is 2.95. The van der Waals surface area contributed by atoms with E-state index in [0.29, 0.717) is 22.7 Å². The second-order valence-corrected chi connectivity index (χ2v) is 5.57. The molecule has 0 unspecified atom stereocenters. The Labute approximate surface area is 150 Å². The summed E-state index contributed by atoms with van der Waals surface area (Å²) < 4.78 is 6.39. The van der Waals surface area contributed by atoms with Crippen LogP contribution in [-0.2, 0) is 4.74 Å². The maximum atomic E-state index is 12.6. The fraction of sp³-hybridized carbons (Fsp3) is 0.100. The molecule has 6 nitrogen and oxygen atoms in total. The smallest absolute Gasteiger partial charge is 0.338 e. The van der Waals surface area contributed by atoms with Crippen LogP contribution in [0.25, 0.3) is 18.5 Å². The minimum absolute atomic E-state index is 0.197. The third kappa shape index (κ3) is 3.59. The van der Waals surface area contributed by atoms with Crippen LogP contribution in [0.2, 0.25) is 0 Å². The van der Waals surface area contributed by atoms with Crippen molar-refractivity contribution in [1.82, 2.24) is 9.78 Å². The Balaban J connectivity index is 1.86. The monoisotopic (exact) mass is 349 g/mol. The molecule has 0 fully saturated rings. The first-order chi connectivity index (χ1) is 12.6. The Morgan fingerprint density at radius 2 is 1.88 bits per heavy atom. The van der Waals surface area contributed by atoms with Gasteiger partial charge in [0, 0.05) is 11.9 Å². The molecule has 3 aromatic rings. The molecule has 1 aromatic heterocycles. The normalized spacial score (nSPS) is 11.3. The predicted octanol–water partition coefficient (Wildman–Crippen LogP) is 1.60. The number of benzene rings is 2. The zero-order valence-corrected chi connectivity index (χ0v) is 14.4. The number of rotatable bonds is 5. The number of H-pyrrole nitrogens is 1. The van der Waals surface area contributed by atoms with Gasteiger partial charge in [0.2, 0.25) is 0 Å². The van der Waals surface area contributed by atoms with E-state index in [-0.39, 0.29) is 11.5 Å². The molecule has 0 saturated carbocycles. The first kappa shape index (κ1) is 17.3. The highest BCUT2D eigenvalue weighted by Crippen LogP contribution is 2.10. The molecular formula is C20H19N3O3. The molecular weight excluding hydrogens is 330 g/mol. The molecule has 0 atom stereocenters. The van der Waals surface area contributed by atoms with Crippen LogP contribution in [0.5, 0.6) is 0 Å². The van der Waals surface area contributed by atoms with Gasteiger partial charge in [-0.05, 0) is 43.3 Å². The molecule has 0 aliphatic heterocycles. The lowest BCUT2D eigenvalue weighted by molar-refractivity contribution is 0.0526. The van der Waals surface area contributed by atoms with Gasteiger partial charge in [0.25, 0.3) is 5.56 Å². The maximum Gasteiger partial charge on any atom is 0.338 e. The third-order valence-corrected chi connectivity index (χ3v) is 3.80. The topological polar surface area (TPSA) is 76.1 Å². The van der Waals surface area contributed by atoms with Crippen LogP contribution in [0.15, 0.2) is 59.4 Å². The van der Waals surface area contributed by atoms with E-state index >= 15 is 0 Å². The van der Waals surface area contributed by atoms with Gasteiger partial charge in [-0.15, -0.1) is 0 Å². The van der Waals surface area contributed by atoms with Crippen LogP contribution in [-0.4, -0.2) is 22.4 Å². The molecule has 0 bridgehead atoms. The lowest BCUT2D eigenvalue weighted by Gasteiger charge is -2.03. The van der Waals surface area contributed by atoms with E-state index in [4.69, 9.17) is 4.74 Å². The Morgan fingerprint density at radius 3 is 2.54 bits per heavy atom. The Hall–Kier alpha value is -3.54. The maximum absolute atomic E-state index is 12.6. The first-order valence-corrected chi connectivity index (χ1v) is 8.19. The van der Waals surface area contributed by atoms with Crippen molar-refractivity contribution in [1.29, 1.82) is 0 Å². The molecule has 0 aliphatic rings. The van der Waals surface area contributed by atoms with Gasteiger partial charge in [-0.25, -0.2) is 9.48 Å². The van der Waals surface area contributed by atoms with Gasteiger partial charge in [0.1, 0.15) is 0 Å². The molecule has 26 heavy (non-hydrogen) atoms. The van der Waals surface area contributed by atoms with E-state index < -0.39 is 0 Å². The van der Waals surface area contributed by atoms with E-state index in [1.807, 2.05) is 30.3 Å². The molecule has 2 aromatic carbocycles. The van der Waals surface area contributed by atoms with E-state index in [0.717, 1.165) is 11.4 Å². The SMILES string of the molecule is C=c1[nH]n(-c2ccccc2)c(=O)/c1=C\Nc1ccc(C(=O)OCC)cc1. The summed E-state index contributed by atoms with van der Waals surface area (Å²) in [6.07, 6.45) is 1.60. The minimum atomic E-state index is -0.362. The zero-order chi connectivity index (χ0) is 18.5. The van der Waals surface area contributed by atoms with Crippen LogP contribution in [0.3, 0.4) is 0 Å². The molecule has 132 valence electrons. The molecule has 0 saturated heterocycles. The number of carbonyl (C=O) groups is 1. The number of nitrogens with zero attached hydrogens (tertiary/aromatic N) is 1. The fourth-order valence-corrected chi connectivity index (χ4v) is 2.48. The summed E-state index contributed by atoms with van der Waals surface area (Å²) in [6, 6.07) is 16.1. The highest BCUT2D eigenvalue weighted by Gasteiger charge is 2.06. The number of esters is 1. The fourth-order valence-electron chi connectivity index (χ4n) is 2.48. The summed E-state index contributed by atoms with van der Waals surface area (Å²) >= 11 is 0. The second-order valence-electron chi connectivity index (χ2n) is 5.57. The Kier molecular flexibility index (Phi) is 5.03. The first-order valence-electron chi connectivity index (χ1n) is 8.19. The van der Waals surface area contributed by atoms with Crippen molar-refractivity contribution in [3.63, 3.8) is 0 Å². The predicted molar refractivity (Wildman–Crippen MR) is 102 cm³/mol. The number of ether oxygens (including phenoxy) is 1. The van der Waals surface area contributed by atoms with Crippen LogP contribution in [0.1, 0.15) is 17.3 Å². The van der Waals surface area contributed by atoms with E-state index in [2.05, 4.69) is 17.0 Å². The van der Waals surface area contributed by atoms with Crippen molar-refractivity contribution < 1.29 is 9.53 Å².